The number of aromatic nitrogens is 2. The first-order valence-corrected chi connectivity index (χ1v) is 9.12. The molecule has 3 rings (SSSR count). The van der Waals surface area contributed by atoms with Crippen LogP contribution in [0.3, 0.4) is 0 Å². The van der Waals surface area contributed by atoms with Gasteiger partial charge in [0, 0.05) is 6.54 Å². The smallest absolute Gasteiger partial charge is 0.434 e. The van der Waals surface area contributed by atoms with Crippen LogP contribution in [-0.4, -0.2) is 64.1 Å². The molecular weight excluding hydrogens is 382 g/mol. The van der Waals surface area contributed by atoms with E-state index in [9.17, 15) is 20.0 Å². The van der Waals surface area contributed by atoms with Crippen LogP contribution >= 0.6 is 0 Å². The molecule has 1 aliphatic heterocycles. The third-order valence-electron chi connectivity index (χ3n) is 4.70. The number of aliphatic hydroxyl groups excluding tert-OH is 1. The van der Waals surface area contributed by atoms with Crippen LogP contribution in [0.2, 0.25) is 0 Å². The molecule has 0 unspecified atom stereocenters. The number of rotatable bonds is 8. The number of carbonyl (C=O) groups is 1. The van der Waals surface area contributed by atoms with Crippen LogP contribution < -0.4 is 15.4 Å². The number of nitro groups is 1. The lowest BCUT2D eigenvalue weighted by atomic mass is 10.0. The van der Waals surface area contributed by atoms with Gasteiger partial charge in [-0.25, -0.2) is 9.36 Å². The van der Waals surface area contributed by atoms with Gasteiger partial charge < -0.3 is 35.3 Å². The molecular formula is C18H23N5O6. The molecule has 11 heteroatoms. The Morgan fingerprint density at radius 1 is 1.45 bits per heavy atom. The monoisotopic (exact) mass is 405 g/mol. The fourth-order valence-corrected chi connectivity index (χ4v) is 3.23. The van der Waals surface area contributed by atoms with E-state index in [0.29, 0.717) is 13.0 Å². The van der Waals surface area contributed by atoms with Gasteiger partial charge in [0.15, 0.2) is 0 Å². The molecule has 1 saturated heterocycles. The zero-order valence-electron chi connectivity index (χ0n) is 15.9. The second kappa shape index (κ2) is 9.34. The lowest BCUT2D eigenvalue weighted by molar-refractivity contribution is -0.396. The van der Waals surface area contributed by atoms with Crippen LogP contribution in [0.25, 0.3) is 0 Å². The van der Waals surface area contributed by atoms with Crippen molar-refractivity contribution in [1.82, 2.24) is 20.2 Å². The molecule has 1 aliphatic rings. The lowest BCUT2D eigenvalue weighted by Crippen LogP contribution is -2.42. The molecule has 2 heterocycles. The summed E-state index contributed by atoms with van der Waals surface area (Å²) in [6.45, 7) is 0.613. The van der Waals surface area contributed by atoms with Crippen molar-refractivity contribution in [2.45, 2.75) is 31.2 Å². The third kappa shape index (κ3) is 5.21. The molecule has 0 spiro atoms. The number of carbonyl (C=O) groups excluding carboxylic acids is 1. The van der Waals surface area contributed by atoms with Crippen molar-refractivity contribution in [2.75, 3.05) is 20.2 Å². The molecule has 29 heavy (non-hydrogen) atoms. The number of alkyl carbamates (subject to hydrolysis) is 1. The number of imidazole rings is 1. The molecule has 0 bridgehead atoms. The number of hydrogen-bond acceptors (Lipinski definition) is 8. The van der Waals surface area contributed by atoms with E-state index in [1.165, 1.54) is 17.0 Å². The van der Waals surface area contributed by atoms with E-state index >= 15 is 0 Å². The highest BCUT2D eigenvalue weighted by Crippen LogP contribution is 2.19. The first kappa shape index (κ1) is 20.6. The summed E-state index contributed by atoms with van der Waals surface area (Å²) in [5.74, 6) is 0.452. The van der Waals surface area contributed by atoms with Crippen molar-refractivity contribution in [3.63, 3.8) is 0 Å². The molecule has 156 valence electrons. The highest BCUT2D eigenvalue weighted by Gasteiger charge is 2.37. The van der Waals surface area contributed by atoms with E-state index in [4.69, 9.17) is 9.47 Å². The number of β-amino-alcohol motifs (C(OH)–C–C–N with tert-alkyl or cyclic N) is 1. The molecule has 1 fully saturated rings. The van der Waals surface area contributed by atoms with Gasteiger partial charge in [0.2, 0.25) is 0 Å². The summed E-state index contributed by atoms with van der Waals surface area (Å²) in [4.78, 5) is 26.0. The number of nitrogens with zero attached hydrogens (tertiary/aromatic N) is 3. The van der Waals surface area contributed by atoms with E-state index in [-0.39, 0.29) is 25.1 Å². The molecule has 3 N–H and O–H groups in total. The van der Waals surface area contributed by atoms with Crippen molar-refractivity contribution in [1.29, 1.82) is 0 Å². The molecule has 1 aromatic carbocycles. The molecule has 0 saturated carbocycles. The number of hydrogen-bond donors (Lipinski definition) is 3. The van der Waals surface area contributed by atoms with E-state index in [1.807, 2.05) is 24.3 Å². The van der Waals surface area contributed by atoms with Crippen molar-refractivity contribution >= 4 is 12.0 Å². The molecule has 0 radical (unpaired) electrons. The predicted molar refractivity (Wildman–Crippen MR) is 102 cm³/mol. The van der Waals surface area contributed by atoms with E-state index in [0.717, 1.165) is 11.3 Å². The first-order chi connectivity index (χ1) is 14.0. The zero-order valence-corrected chi connectivity index (χ0v) is 15.9. The molecule has 1 aromatic heterocycles. The van der Waals surface area contributed by atoms with Gasteiger partial charge in [0.25, 0.3) is 0 Å². The van der Waals surface area contributed by atoms with Gasteiger partial charge in [-0.05, 0) is 29.0 Å². The number of ether oxygens (including phenoxy) is 2. The van der Waals surface area contributed by atoms with Crippen LogP contribution in [0, 0.1) is 10.1 Å². The fourth-order valence-electron chi connectivity index (χ4n) is 3.23. The Hall–Kier alpha value is -3.18. The van der Waals surface area contributed by atoms with Gasteiger partial charge in [0.1, 0.15) is 30.4 Å². The lowest BCUT2D eigenvalue weighted by Gasteiger charge is -2.22. The van der Waals surface area contributed by atoms with Gasteiger partial charge in [0.05, 0.1) is 26.2 Å². The van der Waals surface area contributed by atoms with Crippen molar-refractivity contribution in [3.05, 3.63) is 52.3 Å². The van der Waals surface area contributed by atoms with Crippen LogP contribution in [-0.2, 0) is 17.7 Å². The Bertz CT molecular complexity index is 840. The Labute approximate surface area is 166 Å². The van der Waals surface area contributed by atoms with Gasteiger partial charge >= 0.3 is 12.0 Å². The van der Waals surface area contributed by atoms with Gasteiger partial charge in [-0.15, -0.1) is 0 Å². The standard InChI is InChI=1S/C18H23N5O6/c1-28-13-4-2-12(3-5-13)10-14-16(15(24)11-21-14)29-18(25)20-7-9-22-8-6-19-17(22)23(26)27/h2-6,8,14-16,21,24H,7,9-11H2,1H3,(H,20,25)/t14-,15+,16+/m1/s1. The third-order valence-corrected chi connectivity index (χ3v) is 4.70. The number of benzene rings is 1. The van der Waals surface area contributed by atoms with Crippen molar-refractivity contribution < 1.29 is 24.3 Å². The van der Waals surface area contributed by atoms with Gasteiger partial charge in [-0.3, -0.25) is 0 Å². The quantitative estimate of drug-likeness (QED) is 0.425. The number of nitrogens with one attached hydrogen (secondary N) is 2. The molecule has 2 aromatic rings. The minimum absolute atomic E-state index is 0.120. The Kier molecular flexibility index (Phi) is 6.62. The summed E-state index contributed by atoms with van der Waals surface area (Å²) in [5, 5.41) is 26.7. The van der Waals surface area contributed by atoms with E-state index < -0.39 is 23.2 Å². The summed E-state index contributed by atoms with van der Waals surface area (Å²) in [6, 6.07) is 7.29. The number of methoxy groups -OCH3 is 1. The average molecular weight is 405 g/mol. The van der Waals surface area contributed by atoms with Gasteiger partial charge in [-0.1, -0.05) is 17.1 Å². The predicted octanol–water partition coefficient (Wildman–Crippen LogP) is 0.470. The van der Waals surface area contributed by atoms with Crippen molar-refractivity contribution in [3.8, 4) is 5.75 Å². The summed E-state index contributed by atoms with van der Waals surface area (Å²) in [5.41, 5.74) is 1.01. The SMILES string of the molecule is COc1ccc(C[C@H]2NC[C@H](O)[C@H]2OC(=O)NCCn2ccnc2[N+](=O)[O-])cc1. The summed E-state index contributed by atoms with van der Waals surface area (Å²) >= 11 is 0. The normalized spacial score (nSPS) is 21.0. The minimum Gasteiger partial charge on any atom is -0.497 e. The average Bonchev–Trinajstić information content (AvgIpc) is 3.31. The largest absolute Gasteiger partial charge is 0.497 e. The highest BCUT2D eigenvalue weighted by atomic mass is 16.6. The molecule has 3 atom stereocenters. The maximum atomic E-state index is 12.1. The molecule has 11 nitrogen and oxygen atoms in total. The highest BCUT2D eigenvalue weighted by molar-refractivity contribution is 5.67. The Morgan fingerprint density at radius 2 is 2.21 bits per heavy atom. The minimum atomic E-state index is -0.821. The number of amides is 1. The Morgan fingerprint density at radius 3 is 2.90 bits per heavy atom. The van der Waals surface area contributed by atoms with Crippen LogP contribution in [0.4, 0.5) is 10.7 Å². The van der Waals surface area contributed by atoms with E-state index in [2.05, 4.69) is 15.6 Å². The fraction of sp³-hybridized carbons (Fsp3) is 0.444. The number of aliphatic hydroxyl groups is 1. The molecule has 1 amide bonds. The maximum absolute atomic E-state index is 12.1. The van der Waals surface area contributed by atoms with Gasteiger partial charge in [-0.2, -0.15) is 0 Å². The second-order valence-electron chi connectivity index (χ2n) is 6.61. The van der Waals surface area contributed by atoms with Crippen LogP contribution in [0.1, 0.15) is 5.56 Å². The summed E-state index contributed by atoms with van der Waals surface area (Å²) in [6.07, 6.45) is 1.13. The first-order valence-electron chi connectivity index (χ1n) is 9.12. The summed E-state index contributed by atoms with van der Waals surface area (Å²) < 4.78 is 11.9. The summed E-state index contributed by atoms with van der Waals surface area (Å²) in [7, 11) is 1.59. The second-order valence-corrected chi connectivity index (χ2v) is 6.61. The van der Waals surface area contributed by atoms with Crippen molar-refractivity contribution in [2.24, 2.45) is 0 Å². The molecule has 0 aliphatic carbocycles. The Balaban J connectivity index is 1.50. The van der Waals surface area contributed by atoms with Crippen LogP contribution in [0.5, 0.6) is 5.75 Å². The topological polar surface area (TPSA) is 141 Å². The van der Waals surface area contributed by atoms with Crippen LogP contribution in [0.15, 0.2) is 36.7 Å². The maximum Gasteiger partial charge on any atom is 0.434 e. The zero-order chi connectivity index (χ0) is 20.8. The van der Waals surface area contributed by atoms with E-state index in [1.54, 1.807) is 7.11 Å².